The standard InChI is InChI=1S/C27H24ClF3N4O5S/c1-39-22-10-7-17(14-23(22)40-2)20-16-24(27(29,30)31)34-26(33-20)41(37,38)13-5-6-25(36)32-18-8-9-21(19(28)15-18)35-11-3-4-12-35/h3-4,7-12,14-16H,5-6,13H2,1-2H3,(H,32,36). The molecule has 1 amide bonds. The predicted octanol–water partition coefficient (Wildman–Crippen LogP) is 5.82. The number of hydrogen-bond acceptors (Lipinski definition) is 7. The first kappa shape index (κ1) is 29.9. The van der Waals surface area contributed by atoms with Crippen molar-refractivity contribution in [2.75, 3.05) is 25.3 Å². The van der Waals surface area contributed by atoms with Crippen molar-refractivity contribution in [3.8, 4) is 28.4 Å². The molecule has 0 saturated heterocycles. The van der Waals surface area contributed by atoms with E-state index >= 15 is 0 Å². The number of nitrogens with one attached hydrogen (secondary N) is 1. The summed E-state index contributed by atoms with van der Waals surface area (Å²) in [7, 11) is -1.65. The summed E-state index contributed by atoms with van der Waals surface area (Å²) in [6.07, 6.45) is -1.72. The van der Waals surface area contributed by atoms with Crippen molar-refractivity contribution in [2.45, 2.75) is 24.2 Å². The molecule has 0 radical (unpaired) electrons. The van der Waals surface area contributed by atoms with Crippen LogP contribution in [0.25, 0.3) is 16.9 Å². The largest absolute Gasteiger partial charge is 0.493 e. The van der Waals surface area contributed by atoms with Gasteiger partial charge in [0.05, 0.1) is 36.4 Å². The van der Waals surface area contributed by atoms with Crippen molar-refractivity contribution >= 4 is 33.0 Å². The van der Waals surface area contributed by atoms with Gasteiger partial charge in [-0.1, -0.05) is 11.6 Å². The van der Waals surface area contributed by atoms with Gasteiger partial charge in [0.1, 0.15) is 5.69 Å². The van der Waals surface area contributed by atoms with Crippen LogP contribution in [-0.4, -0.2) is 48.8 Å². The Morgan fingerprint density at radius 1 is 1.00 bits per heavy atom. The maximum atomic E-state index is 13.6. The summed E-state index contributed by atoms with van der Waals surface area (Å²) in [5, 5.41) is 2.02. The SMILES string of the molecule is COc1ccc(-c2cc(C(F)(F)F)nc(S(=O)(=O)CCCC(=O)Nc3ccc(-n4cccc4)c(Cl)c3)n2)cc1OC. The number of benzene rings is 2. The minimum atomic E-state index is -4.93. The Hall–Kier alpha value is -4.10. The van der Waals surface area contributed by atoms with E-state index in [0.717, 1.165) is 0 Å². The van der Waals surface area contributed by atoms with Crippen LogP contribution in [0, 0.1) is 0 Å². The predicted molar refractivity (Wildman–Crippen MR) is 146 cm³/mol. The molecule has 4 rings (SSSR count). The molecule has 41 heavy (non-hydrogen) atoms. The number of sulfone groups is 1. The number of rotatable bonds is 10. The molecule has 0 unspecified atom stereocenters. The molecule has 2 heterocycles. The van der Waals surface area contributed by atoms with Crippen molar-refractivity contribution in [2.24, 2.45) is 0 Å². The summed E-state index contributed by atoms with van der Waals surface area (Å²) in [6.45, 7) is 0. The molecule has 2 aromatic heterocycles. The van der Waals surface area contributed by atoms with Gasteiger partial charge < -0.3 is 19.4 Å². The van der Waals surface area contributed by atoms with Gasteiger partial charge in [-0.15, -0.1) is 0 Å². The van der Waals surface area contributed by atoms with E-state index in [-0.39, 0.29) is 29.8 Å². The molecule has 1 N–H and O–H groups in total. The van der Waals surface area contributed by atoms with Gasteiger partial charge in [0.25, 0.3) is 0 Å². The van der Waals surface area contributed by atoms with Gasteiger partial charge in [-0.3, -0.25) is 4.79 Å². The summed E-state index contributed by atoms with van der Waals surface area (Å²) in [5.74, 6) is -0.610. The van der Waals surface area contributed by atoms with Crippen molar-refractivity contribution < 1.29 is 35.9 Å². The van der Waals surface area contributed by atoms with Crippen molar-refractivity contribution in [1.29, 1.82) is 0 Å². The average molecular weight is 609 g/mol. The van der Waals surface area contributed by atoms with E-state index in [4.69, 9.17) is 21.1 Å². The second-order valence-corrected chi connectivity index (χ2v) is 11.1. The second kappa shape index (κ2) is 12.2. The van der Waals surface area contributed by atoms with E-state index < -0.39 is 38.5 Å². The lowest BCUT2D eigenvalue weighted by Gasteiger charge is -2.13. The summed E-state index contributed by atoms with van der Waals surface area (Å²) >= 11 is 6.31. The number of nitrogens with zero attached hydrogens (tertiary/aromatic N) is 3. The Morgan fingerprint density at radius 3 is 2.34 bits per heavy atom. The normalized spacial score (nSPS) is 11.8. The second-order valence-electron chi connectivity index (χ2n) is 8.72. The fraction of sp³-hybridized carbons (Fsp3) is 0.222. The molecular formula is C27H24ClF3N4O5S. The summed E-state index contributed by atoms with van der Waals surface area (Å²) in [5.41, 5.74) is -0.430. The highest BCUT2D eigenvalue weighted by atomic mass is 35.5. The lowest BCUT2D eigenvalue weighted by molar-refractivity contribution is -0.141. The van der Waals surface area contributed by atoms with Gasteiger partial charge in [0.15, 0.2) is 11.5 Å². The third kappa shape index (κ3) is 7.16. The average Bonchev–Trinajstić information content (AvgIpc) is 3.46. The van der Waals surface area contributed by atoms with Crippen LogP contribution in [0.3, 0.4) is 0 Å². The third-order valence-corrected chi connectivity index (χ3v) is 7.75. The van der Waals surface area contributed by atoms with Crippen LogP contribution in [0.5, 0.6) is 11.5 Å². The van der Waals surface area contributed by atoms with Gasteiger partial charge in [0.2, 0.25) is 20.9 Å². The first-order valence-electron chi connectivity index (χ1n) is 12.1. The Balaban J connectivity index is 1.48. The minimum Gasteiger partial charge on any atom is -0.493 e. The van der Waals surface area contributed by atoms with Crippen LogP contribution < -0.4 is 14.8 Å². The smallest absolute Gasteiger partial charge is 0.433 e. The van der Waals surface area contributed by atoms with Crippen LogP contribution in [0.1, 0.15) is 18.5 Å². The Labute approximate surface area is 238 Å². The first-order valence-corrected chi connectivity index (χ1v) is 14.1. The third-order valence-electron chi connectivity index (χ3n) is 5.88. The number of hydrogen-bond donors (Lipinski definition) is 1. The van der Waals surface area contributed by atoms with Gasteiger partial charge in [-0.2, -0.15) is 13.2 Å². The van der Waals surface area contributed by atoms with E-state index in [2.05, 4.69) is 15.3 Å². The van der Waals surface area contributed by atoms with Crippen LogP contribution in [0.15, 0.2) is 72.1 Å². The zero-order chi connectivity index (χ0) is 29.8. The van der Waals surface area contributed by atoms with E-state index in [1.54, 1.807) is 22.8 Å². The van der Waals surface area contributed by atoms with Gasteiger partial charge in [-0.05, 0) is 61.0 Å². The lowest BCUT2D eigenvalue weighted by Crippen LogP contribution is -2.18. The quantitative estimate of drug-likeness (QED) is 0.226. The number of methoxy groups -OCH3 is 2. The fourth-order valence-electron chi connectivity index (χ4n) is 3.88. The first-order chi connectivity index (χ1) is 19.4. The number of carbonyl (C=O) groups excluding carboxylic acids is 1. The van der Waals surface area contributed by atoms with E-state index in [0.29, 0.717) is 28.2 Å². The summed E-state index contributed by atoms with van der Waals surface area (Å²) in [6, 6.07) is 13.5. The Morgan fingerprint density at radius 2 is 1.71 bits per heavy atom. The van der Waals surface area contributed by atoms with Gasteiger partial charge in [-0.25, -0.2) is 18.4 Å². The number of anilines is 1. The number of ether oxygens (including phenoxy) is 2. The van der Waals surface area contributed by atoms with Gasteiger partial charge in [0, 0.05) is 30.1 Å². The highest BCUT2D eigenvalue weighted by Crippen LogP contribution is 2.35. The lowest BCUT2D eigenvalue weighted by atomic mass is 10.1. The molecule has 0 aliphatic heterocycles. The van der Waals surface area contributed by atoms with Crippen molar-refractivity contribution in [3.05, 3.63) is 77.7 Å². The van der Waals surface area contributed by atoms with Crippen LogP contribution in [0.4, 0.5) is 18.9 Å². The number of aromatic nitrogens is 3. The number of halogens is 4. The van der Waals surface area contributed by atoms with Crippen LogP contribution in [0.2, 0.25) is 5.02 Å². The van der Waals surface area contributed by atoms with Crippen LogP contribution in [-0.2, 0) is 20.8 Å². The maximum Gasteiger partial charge on any atom is 0.433 e. The van der Waals surface area contributed by atoms with Crippen LogP contribution >= 0.6 is 11.6 Å². The minimum absolute atomic E-state index is 0.160. The summed E-state index contributed by atoms with van der Waals surface area (Å²) < 4.78 is 78.9. The Bertz CT molecular complexity index is 1660. The zero-order valence-electron chi connectivity index (χ0n) is 21.8. The van der Waals surface area contributed by atoms with E-state index in [1.165, 1.54) is 32.4 Å². The molecule has 4 aromatic rings. The molecule has 9 nitrogen and oxygen atoms in total. The fourth-order valence-corrected chi connectivity index (χ4v) is 5.34. The highest BCUT2D eigenvalue weighted by Gasteiger charge is 2.35. The van der Waals surface area contributed by atoms with E-state index in [1.807, 2.05) is 24.5 Å². The number of carbonyl (C=O) groups is 1. The molecule has 216 valence electrons. The molecule has 0 aliphatic carbocycles. The maximum absolute atomic E-state index is 13.6. The molecule has 2 aromatic carbocycles. The monoisotopic (exact) mass is 608 g/mol. The molecule has 0 fully saturated rings. The molecule has 0 bridgehead atoms. The molecule has 0 saturated carbocycles. The highest BCUT2D eigenvalue weighted by molar-refractivity contribution is 7.91. The number of alkyl halides is 3. The van der Waals surface area contributed by atoms with Gasteiger partial charge >= 0.3 is 6.18 Å². The molecule has 0 spiro atoms. The van der Waals surface area contributed by atoms with Crippen molar-refractivity contribution in [1.82, 2.24) is 14.5 Å². The molecular weight excluding hydrogens is 585 g/mol. The summed E-state index contributed by atoms with van der Waals surface area (Å²) in [4.78, 5) is 19.6. The van der Waals surface area contributed by atoms with Crippen molar-refractivity contribution in [3.63, 3.8) is 0 Å². The zero-order valence-corrected chi connectivity index (χ0v) is 23.3. The molecule has 0 atom stereocenters. The number of amides is 1. The molecule has 14 heteroatoms. The van der Waals surface area contributed by atoms with E-state index in [9.17, 15) is 26.4 Å². The molecule has 0 aliphatic rings. The topological polar surface area (TPSA) is 112 Å². The Kier molecular flexibility index (Phi) is 8.88.